The summed E-state index contributed by atoms with van der Waals surface area (Å²) in [6.07, 6.45) is 0. The zero-order chi connectivity index (χ0) is 2.71. The van der Waals surface area contributed by atoms with Crippen LogP contribution < -0.4 is 73.8 Å². The van der Waals surface area contributed by atoms with Crippen molar-refractivity contribution in [3.63, 3.8) is 0 Å². The molecule has 4 heavy (non-hydrogen) atoms. The second kappa shape index (κ2) is 8.97. The van der Waals surface area contributed by atoms with Gasteiger partial charge in [-0.25, -0.2) is 0 Å². The van der Waals surface area contributed by atoms with Gasteiger partial charge in [-0.3, -0.25) is 0 Å². The second-order valence-corrected chi connectivity index (χ2v) is 0.289. The molecule has 0 amide bonds. The fourth-order valence-corrected chi connectivity index (χ4v) is 0. The van der Waals surface area contributed by atoms with Gasteiger partial charge in [-0.1, -0.05) is 0 Å². The Morgan fingerprint density at radius 1 is 1.75 bits per heavy atom. The Balaban J connectivity index is 0. The minimum atomic E-state index is -1.75. The molecule has 0 aromatic heterocycles. The molecule has 0 aliphatic carbocycles. The molecule has 0 saturated heterocycles. The van der Waals surface area contributed by atoms with Crippen molar-refractivity contribution >= 4 is 8.69 Å². The molecule has 20 valence electrons. The van der Waals surface area contributed by atoms with Crippen molar-refractivity contribution in [1.29, 1.82) is 0 Å². The largest absolute Gasteiger partial charge is 1.00 e. The Morgan fingerprint density at radius 2 is 1.75 bits per heavy atom. The molecule has 0 aromatic carbocycles. The summed E-state index contributed by atoms with van der Waals surface area (Å²) in [5.74, 6) is 0. The fourth-order valence-electron chi connectivity index (χ4n) is 0. The van der Waals surface area contributed by atoms with Crippen molar-refractivity contribution in [2.45, 2.75) is 0 Å². The van der Waals surface area contributed by atoms with E-state index in [1.165, 1.54) is 0 Å². The van der Waals surface area contributed by atoms with Crippen LogP contribution in [0.15, 0.2) is 0 Å². The summed E-state index contributed by atoms with van der Waals surface area (Å²) in [6, 6.07) is 0. The molecular formula is H2CsO2P. The van der Waals surface area contributed by atoms with E-state index in [0.717, 1.165) is 0 Å². The molecule has 0 radical (unpaired) electrons. The smallest absolute Gasteiger partial charge is 0.804 e. The molecule has 0 N–H and O–H groups in total. The van der Waals surface area contributed by atoms with Gasteiger partial charge in [-0.2, -0.15) is 0 Å². The molecule has 1 unspecified atom stereocenters. The van der Waals surface area contributed by atoms with Crippen molar-refractivity contribution in [1.82, 2.24) is 0 Å². The predicted octanol–water partition coefficient (Wildman–Crippen LogP) is -3.98. The molecule has 0 saturated carbocycles. The fraction of sp³-hybridized carbons (Fsp3) is 0. The van der Waals surface area contributed by atoms with Crippen LogP contribution in [0.2, 0.25) is 0 Å². The molecule has 0 aromatic rings. The van der Waals surface area contributed by atoms with Crippen LogP contribution >= 0.6 is 8.69 Å². The van der Waals surface area contributed by atoms with Crippen molar-refractivity contribution < 1.29 is 78.4 Å². The molecular weight excluding hydrogens is 196 g/mol. The van der Waals surface area contributed by atoms with E-state index in [2.05, 4.69) is 0 Å². The van der Waals surface area contributed by atoms with Crippen LogP contribution in [-0.4, -0.2) is 0 Å². The van der Waals surface area contributed by atoms with Crippen LogP contribution in [0, 0.1) is 0 Å². The first-order valence-electron chi connectivity index (χ1n) is 0.471. The normalized spacial score (nSPS) is 7.25. The van der Waals surface area contributed by atoms with Crippen molar-refractivity contribution in [3.8, 4) is 0 Å². The first-order chi connectivity index (χ1) is 1.41. The number of rotatable bonds is 0. The van der Waals surface area contributed by atoms with Crippen molar-refractivity contribution in [2.75, 3.05) is 0 Å². The summed E-state index contributed by atoms with van der Waals surface area (Å²) < 4.78 is 8.46. The summed E-state index contributed by atoms with van der Waals surface area (Å²) >= 11 is 0. The molecule has 0 aliphatic rings. The molecule has 0 spiro atoms. The average Bonchev–Trinajstić information content (AvgIpc) is 0.918. The zero-order valence-electron chi connectivity index (χ0n) is 2.39. The van der Waals surface area contributed by atoms with Gasteiger partial charge < -0.3 is 9.46 Å². The first kappa shape index (κ1) is 9.53. The second-order valence-electron chi connectivity index (χ2n) is 0.0962. The quantitative estimate of drug-likeness (QED) is 0.372. The van der Waals surface area contributed by atoms with Gasteiger partial charge in [0.15, 0.2) is 0 Å². The van der Waals surface area contributed by atoms with Crippen LogP contribution in [0.1, 0.15) is 0 Å². The van der Waals surface area contributed by atoms with Crippen molar-refractivity contribution in [2.24, 2.45) is 0 Å². The molecule has 0 aliphatic heterocycles. The van der Waals surface area contributed by atoms with Crippen LogP contribution in [0.25, 0.3) is 0 Å². The first-order valence-corrected chi connectivity index (χ1v) is 1.41. The monoisotopic (exact) mass is 198 g/mol. The maximum Gasteiger partial charge on any atom is 1.00 e. The molecule has 1 atom stereocenters. The summed E-state index contributed by atoms with van der Waals surface area (Å²) in [7, 11) is -1.75. The molecule has 0 fully saturated rings. The SMILES string of the molecule is O=[PH2][O-].[Cs+]. The Hall–Kier alpha value is 2.24. The van der Waals surface area contributed by atoms with Gasteiger partial charge in [0.25, 0.3) is 0 Å². The Morgan fingerprint density at radius 3 is 1.75 bits per heavy atom. The number of hydrogen-bond acceptors (Lipinski definition) is 2. The van der Waals surface area contributed by atoms with Crippen molar-refractivity contribution in [3.05, 3.63) is 0 Å². The third kappa shape index (κ3) is 8.87. The maximum absolute atomic E-state index is 8.46. The standard InChI is InChI=1S/Cs.H3O2P/c;1-3-2/h;3H2,(H,1,2)/q+1;/p-1. The Labute approximate surface area is 84.7 Å². The summed E-state index contributed by atoms with van der Waals surface area (Å²) in [5, 5.41) is 0. The van der Waals surface area contributed by atoms with E-state index in [4.69, 9.17) is 9.46 Å². The summed E-state index contributed by atoms with van der Waals surface area (Å²) in [5.41, 5.74) is 0. The molecule has 0 heterocycles. The molecule has 0 rings (SSSR count). The van der Waals surface area contributed by atoms with Crippen LogP contribution in [0.5, 0.6) is 0 Å². The van der Waals surface area contributed by atoms with Gasteiger partial charge in [0, 0.05) is 0 Å². The summed E-state index contributed by atoms with van der Waals surface area (Å²) in [4.78, 5) is 8.46. The third-order valence-corrected chi connectivity index (χ3v) is 0. The van der Waals surface area contributed by atoms with Gasteiger partial charge in [0.2, 0.25) is 0 Å². The van der Waals surface area contributed by atoms with E-state index in [1.807, 2.05) is 0 Å². The van der Waals surface area contributed by atoms with Gasteiger partial charge >= 0.3 is 68.9 Å². The predicted molar refractivity (Wildman–Crippen MR) is 10.4 cm³/mol. The van der Waals surface area contributed by atoms with Gasteiger partial charge in [-0.15, -0.1) is 0 Å². The van der Waals surface area contributed by atoms with E-state index in [9.17, 15) is 0 Å². The van der Waals surface area contributed by atoms with Gasteiger partial charge in [0.1, 0.15) is 0 Å². The third-order valence-electron chi connectivity index (χ3n) is 0. The Kier molecular flexibility index (Phi) is 21.4. The average molecular weight is 198 g/mol. The zero-order valence-corrected chi connectivity index (χ0v) is 9.83. The van der Waals surface area contributed by atoms with Gasteiger partial charge in [0.05, 0.1) is 0 Å². The Bertz CT molecular complexity index is 13.5. The molecule has 2 nitrogen and oxygen atoms in total. The minimum Gasteiger partial charge on any atom is -0.804 e. The van der Waals surface area contributed by atoms with Gasteiger partial charge in [-0.05, 0) is 8.69 Å². The number of hydrogen-bond donors (Lipinski definition) is 0. The maximum atomic E-state index is 8.46. The van der Waals surface area contributed by atoms with Crippen LogP contribution in [-0.2, 0) is 4.57 Å². The van der Waals surface area contributed by atoms with E-state index in [1.54, 1.807) is 0 Å². The van der Waals surface area contributed by atoms with E-state index >= 15 is 0 Å². The van der Waals surface area contributed by atoms with E-state index in [-0.39, 0.29) is 68.9 Å². The van der Waals surface area contributed by atoms with Crippen LogP contribution in [0.4, 0.5) is 0 Å². The molecule has 4 heteroatoms. The summed E-state index contributed by atoms with van der Waals surface area (Å²) in [6.45, 7) is 0. The van der Waals surface area contributed by atoms with Crippen LogP contribution in [0.3, 0.4) is 0 Å². The van der Waals surface area contributed by atoms with E-state index < -0.39 is 8.69 Å². The molecule has 0 bridgehead atoms. The topological polar surface area (TPSA) is 40.1 Å². The minimum absolute atomic E-state index is 0. The van der Waals surface area contributed by atoms with E-state index in [0.29, 0.717) is 0 Å².